The number of ether oxygens (including phenoxy) is 2. The minimum atomic E-state index is -0.468. The molecule has 0 aliphatic heterocycles. The molecule has 0 unspecified atom stereocenters. The van der Waals surface area contributed by atoms with Crippen LogP contribution in [0.15, 0.2) is 34.7 Å². The van der Waals surface area contributed by atoms with Crippen molar-refractivity contribution in [2.75, 3.05) is 13.7 Å². The van der Waals surface area contributed by atoms with Gasteiger partial charge in [-0.3, -0.25) is 4.79 Å². The van der Waals surface area contributed by atoms with Gasteiger partial charge in [-0.05, 0) is 19.9 Å². The molecule has 5 nitrogen and oxygen atoms in total. The Kier molecular flexibility index (Phi) is 3.78. The van der Waals surface area contributed by atoms with E-state index in [9.17, 15) is 9.59 Å². The molecule has 0 saturated carbocycles. The van der Waals surface area contributed by atoms with Crippen LogP contribution in [0, 0.1) is 6.92 Å². The Bertz CT molecular complexity index is 920. The molecule has 0 atom stereocenters. The number of esters is 1. The van der Waals surface area contributed by atoms with Crippen molar-refractivity contribution in [1.29, 1.82) is 0 Å². The normalized spacial score (nSPS) is 10.9. The molecule has 0 radical (unpaired) electrons. The number of hydrogen-bond donors (Lipinski definition) is 0. The van der Waals surface area contributed by atoms with E-state index in [0.29, 0.717) is 28.0 Å². The average Bonchev–Trinajstić information content (AvgIpc) is 2.88. The van der Waals surface area contributed by atoms with Crippen LogP contribution in [0.25, 0.3) is 21.7 Å². The Balaban J connectivity index is 2.26. The molecule has 1 heterocycles. The van der Waals surface area contributed by atoms with E-state index in [1.807, 2.05) is 24.3 Å². The van der Waals surface area contributed by atoms with Crippen molar-refractivity contribution in [1.82, 2.24) is 0 Å². The summed E-state index contributed by atoms with van der Waals surface area (Å²) in [4.78, 5) is 23.3. The van der Waals surface area contributed by atoms with E-state index in [2.05, 4.69) is 4.74 Å². The zero-order chi connectivity index (χ0) is 16.6. The van der Waals surface area contributed by atoms with E-state index in [-0.39, 0.29) is 12.4 Å². The first kappa shape index (κ1) is 15.1. The Labute approximate surface area is 132 Å². The number of benzene rings is 2. The van der Waals surface area contributed by atoms with E-state index in [1.54, 1.807) is 13.0 Å². The summed E-state index contributed by atoms with van der Waals surface area (Å²) in [6.07, 6.45) is 0. The lowest BCUT2D eigenvalue weighted by molar-refractivity contribution is -0.142. The van der Waals surface area contributed by atoms with Crippen molar-refractivity contribution in [2.45, 2.75) is 13.8 Å². The smallest absolute Gasteiger partial charge is 0.343 e. The molecule has 3 rings (SSSR count). The van der Waals surface area contributed by atoms with Crippen molar-refractivity contribution < 1.29 is 23.5 Å². The van der Waals surface area contributed by atoms with Crippen LogP contribution < -0.4 is 4.74 Å². The summed E-state index contributed by atoms with van der Waals surface area (Å²) in [5.41, 5.74) is 1.18. The number of Topliss-reactive ketones (excluding diaryl/α,β-unsaturated/α-hetero) is 1. The molecule has 0 N–H and O–H groups in total. The number of ketones is 1. The number of carbonyl (C=O) groups is 2. The van der Waals surface area contributed by atoms with E-state index >= 15 is 0 Å². The fourth-order valence-electron chi connectivity index (χ4n) is 2.76. The molecule has 5 heteroatoms. The molecule has 2 aromatic carbocycles. The predicted molar refractivity (Wildman–Crippen MR) is 86.0 cm³/mol. The van der Waals surface area contributed by atoms with Gasteiger partial charge in [0, 0.05) is 16.2 Å². The number of aryl methyl sites for hydroxylation is 1. The summed E-state index contributed by atoms with van der Waals surface area (Å²) in [6, 6.07) is 9.29. The molecule has 118 valence electrons. The first-order chi connectivity index (χ1) is 11.0. The molecule has 0 saturated heterocycles. The fourth-order valence-corrected chi connectivity index (χ4v) is 2.76. The fraction of sp³-hybridized carbons (Fsp3) is 0.222. The first-order valence-electron chi connectivity index (χ1n) is 7.18. The monoisotopic (exact) mass is 312 g/mol. The van der Waals surface area contributed by atoms with Crippen molar-refractivity contribution in [2.24, 2.45) is 0 Å². The second-order valence-corrected chi connectivity index (χ2v) is 5.25. The number of furan rings is 1. The minimum absolute atomic E-state index is 0.0737. The van der Waals surface area contributed by atoms with Crippen LogP contribution in [-0.4, -0.2) is 25.5 Å². The van der Waals surface area contributed by atoms with Gasteiger partial charge in [-0.15, -0.1) is 0 Å². The molecule has 0 bridgehead atoms. The highest BCUT2D eigenvalue weighted by atomic mass is 16.6. The third kappa shape index (κ3) is 2.54. The minimum Gasteiger partial charge on any atom is -0.481 e. The molecule has 3 aromatic rings. The summed E-state index contributed by atoms with van der Waals surface area (Å²) in [7, 11) is 1.31. The van der Waals surface area contributed by atoms with Gasteiger partial charge >= 0.3 is 5.97 Å². The quantitative estimate of drug-likeness (QED) is 0.543. The third-order valence-electron chi connectivity index (χ3n) is 3.76. The van der Waals surface area contributed by atoms with Crippen molar-refractivity contribution in [3.8, 4) is 5.75 Å². The summed E-state index contributed by atoms with van der Waals surface area (Å²) < 4.78 is 16.0. The Morgan fingerprint density at radius 2 is 1.83 bits per heavy atom. The molecule has 0 aliphatic carbocycles. The van der Waals surface area contributed by atoms with Gasteiger partial charge in [-0.2, -0.15) is 0 Å². The van der Waals surface area contributed by atoms with Crippen LogP contribution in [0.5, 0.6) is 5.75 Å². The Hall–Kier alpha value is -2.82. The first-order valence-corrected chi connectivity index (χ1v) is 7.18. The van der Waals surface area contributed by atoms with Crippen LogP contribution >= 0.6 is 0 Å². The lowest BCUT2D eigenvalue weighted by Gasteiger charge is -2.09. The molecule has 0 aliphatic rings. The Morgan fingerprint density at radius 3 is 2.48 bits per heavy atom. The second-order valence-electron chi connectivity index (χ2n) is 5.25. The molecule has 1 aromatic heterocycles. The maximum Gasteiger partial charge on any atom is 0.343 e. The van der Waals surface area contributed by atoms with E-state index in [0.717, 1.165) is 10.8 Å². The highest BCUT2D eigenvalue weighted by molar-refractivity contribution is 6.15. The zero-order valence-electron chi connectivity index (χ0n) is 13.1. The van der Waals surface area contributed by atoms with Gasteiger partial charge in [-0.25, -0.2) is 4.79 Å². The largest absolute Gasteiger partial charge is 0.481 e. The van der Waals surface area contributed by atoms with Gasteiger partial charge in [0.15, 0.2) is 12.4 Å². The summed E-state index contributed by atoms with van der Waals surface area (Å²) in [5.74, 6) is 0.546. The summed E-state index contributed by atoms with van der Waals surface area (Å²) >= 11 is 0. The summed E-state index contributed by atoms with van der Waals surface area (Å²) in [6.45, 7) is 3.07. The van der Waals surface area contributed by atoms with Crippen LogP contribution in [-0.2, 0) is 9.53 Å². The van der Waals surface area contributed by atoms with Crippen LogP contribution in [0.1, 0.15) is 23.0 Å². The maximum atomic E-state index is 11.9. The number of methoxy groups -OCH3 is 1. The molecular formula is C18H16O5. The lowest BCUT2D eigenvalue weighted by atomic mass is 10.0. The lowest BCUT2D eigenvalue weighted by Crippen LogP contribution is -2.12. The number of rotatable bonds is 4. The predicted octanol–water partition coefficient (Wildman–Crippen LogP) is 3.65. The standard InChI is InChI=1S/C18H16O5/c1-10(19)17-11(2)23-18-13-7-5-4-6-12(13)15(8-14(17)18)22-9-16(20)21-3/h4-8H,9H2,1-3H3. The van der Waals surface area contributed by atoms with Crippen LogP contribution in [0.4, 0.5) is 0 Å². The van der Waals surface area contributed by atoms with Crippen molar-refractivity contribution in [3.63, 3.8) is 0 Å². The summed E-state index contributed by atoms with van der Waals surface area (Å²) in [5, 5.41) is 2.33. The Morgan fingerprint density at radius 1 is 1.13 bits per heavy atom. The maximum absolute atomic E-state index is 11.9. The zero-order valence-corrected chi connectivity index (χ0v) is 13.1. The van der Waals surface area contributed by atoms with Gasteiger partial charge in [0.25, 0.3) is 0 Å². The van der Waals surface area contributed by atoms with E-state index in [1.165, 1.54) is 14.0 Å². The average molecular weight is 312 g/mol. The van der Waals surface area contributed by atoms with Crippen LogP contribution in [0.3, 0.4) is 0 Å². The molecule has 0 amide bonds. The molecule has 0 fully saturated rings. The van der Waals surface area contributed by atoms with Crippen molar-refractivity contribution >= 4 is 33.5 Å². The van der Waals surface area contributed by atoms with Gasteiger partial charge in [-0.1, -0.05) is 24.3 Å². The van der Waals surface area contributed by atoms with E-state index < -0.39 is 5.97 Å². The topological polar surface area (TPSA) is 65.7 Å². The van der Waals surface area contributed by atoms with Gasteiger partial charge in [0.2, 0.25) is 0 Å². The highest BCUT2D eigenvalue weighted by Gasteiger charge is 2.19. The third-order valence-corrected chi connectivity index (χ3v) is 3.76. The van der Waals surface area contributed by atoms with Gasteiger partial charge in [0.05, 0.1) is 12.7 Å². The van der Waals surface area contributed by atoms with Crippen LogP contribution in [0.2, 0.25) is 0 Å². The number of fused-ring (bicyclic) bond motifs is 3. The second kappa shape index (κ2) is 5.76. The highest BCUT2D eigenvalue weighted by Crippen LogP contribution is 2.37. The molecule has 23 heavy (non-hydrogen) atoms. The number of carbonyl (C=O) groups excluding carboxylic acids is 2. The molecular weight excluding hydrogens is 296 g/mol. The van der Waals surface area contributed by atoms with E-state index in [4.69, 9.17) is 9.15 Å². The number of hydrogen-bond acceptors (Lipinski definition) is 5. The van der Waals surface area contributed by atoms with Crippen molar-refractivity contribution in [3.05, 3.63) is 41.7 Å². The molecule has 0 spiro atoms. The van der Waals surface area contributed by atoms with Gasteiger partial charge in [0.1, 0.15) is 17.1 Å². The SMILES string of the molecule is COC(=O)COc1cc2c(C(C)=O)c(C)oc2c2ccccc12. The van der Waals surface area contributed by atoms with Gasteiger partial charge < -0.3 is 13.9 Å².